The lowest BCUT2D eigenvalue weighted by Gasteiger charge is -2.22. The number of thiophene rings is 1. The van der Waals surface area contributed by atoms with Crippen molar-refractivity contribution < 1.29 is 13.6 Å². The highest BCUT2D eigenvalue weighted by Crippen LogP contribution is 2.45. The van der Waals surface area contributed by atoms with Crippen LogP contribution < -0.4 is 10.2 Å². The van der Waals surface area contributed by atoms with E-state index < -0.39 is 11.6 Å². The summed E-state index contributed by atoms with van der Waals surface area (Å²) in [6, 6.07) is 15.4. The summed E-state index contributed by atoms with van der Waals surface area (Å²) in [5.74, 6) is -0.789. The Morgan fingerprint density at radius 1 is 1.09 bits per heavy atom. The van der Waals surface area contributed by atoms with Crippen molar-refractivity contribution in [3.8, 4) is 21.3 Å². The number of imidazole rings is 1. The summed E-state index contributed by atoms with van der Waals surface area (Å²) < 4.78 is 29.9. The van der Waals surface area contributed by atoms with E-state index >= 15 is 4.39 Å². The Morgan fingerprint density at radius 3 is 2.69 bits per heavy atom. The van der Waals surface area contributed by atoms with E-state index in [4.69, 9.17) is 0 Å². The Morgan fingerprint density at radius 2 is 1.91 bits per heavy atom. The second-order valence-electron chi connectivity index (χ2n) is 8.18. The standard InChI is InChI=1S/C26H19F2N5OS/c1-29-15-9-7-14(8-10-15)26(34)33-13-11-16-20(28)24(35-23(16)22-19(33)6-3-12-30-22)25-31-18-5-2-4-17(27)21(18)32-25/h2-10,12,29H,11,13H2,1H3,(H,31,32). The largest absolute Gasteiger partial charge is 0.388 e. The third-order valence-electron chi connectivity index (χ3n) is 6.16. The van der Waals surface area contributed by atoms with Crippen molar-refractivity contribution in [3.63, 3.8) is 0 Å². The quantitative estimate of drug-likeness (QED) is 0.334. The smallest absolute Gasteiger partial charge is 0.258 e. The number of nitrogens with one attached hydrogen (secondary N) is 2. The number of amides is 1. The van der Waals surface area contributed by atoms with Crippen molar-refractivity contribution in [2.45, 2.75) is 6.42 Å². The molecule has 0 saturated heterocycles. The number of carbonyl (C=O) groups excluding carboxylic acids is 1. The maximum atomic E-state index is 15.8. The number of nitrogens with zero attached hydrogens (tertiary/aromatic N) is 3. The van der Waals surface area contributed by atoms with Gasteiger partial charge in [0.15, 0.2) is 11.6 Å². The first-order chi connectivity index (χ1) is 17.0. The number of hydrogen-bond donors (Lipinski definition) is 2. The van der Waals surface area contributed by atoms with Gasteiger partial charge < -0.3 is 15.2 Å². The number of hydrogen-bond acceptors (Lipinski definition) is 5. The lowest BCUT2D eigenvalue weighted by Crippen LogP contribution is -2.32. The summed E-state index contributed by atoms with van der Waals surface area (Å²) >= 11 is 1.21. The van der Waals surface area contributed by atoms with Crippen molar-refractivity contribution in [2.24, 2.45) is 0 Å². The van der Waals surface area contributed by atoms with Gasteiger partial charge in [-0.05, 0) is 55.0 Å². The summed E-state index contributed by atoms with van der Waals surface area (Å²) in [6.07, 6.45) is 1.94. The summed E-state index contributed by atoms with van der Waals surface area (Å²) in [7, 11) is 1.82. The predicted octanol–water partition coefficient (Wildman–Crippen LogP) is 5.88. The molecule has 9 heteroatoms. The van der Waals surface area contributed by atoms with Crippen molar-refractivity contribution >= 4 is 39.7 Å². The first-order valence-corrected chi connectivity index (χ1v) is 11.9. The van der Waals surface area contributed by atoms with Crippen molar-refractivity contribution in [1.29, 1.82) is 0 Å². The second kappa shape index (κ2) is 8.28. The van der Waals surface area contributed by atoms with Gasteiger partial charge in [0.1, 0.15) is 21.9 Å². The third kappa shape index (κ3) is 3.47. The summed E-state index contributed by atoms with van der Waals surface area (Å²) in [5.41, 5.74) is 3.76. The molecule has 35 heavy (non-hydrogen) atoms. The minimum atomic E-state index is -0.465. The molecule has 0 aliphatic carbocycles. The molecule has 4 heterocycles. The molecule has 6 rings (SSSR count). The van der Waals surface area contributed by atoms with Crippen LogP contribution in [0.2, 0.25) is 0 Å². The van der Waals surface area contributed by atoms with E-state index in [1.807, 2.05) is 25.2 Å². The SMILES string of the molecule is CNc1ccc(C(=O)N2CCc3c(sc(-c4nc5c(F)cccc5[nH]4)c3F)-c3ncccc32)cc1. The van der Waals surface area contributed by atoms with Gasteiger partial charge in [0.25, 0.3) is 5.91 Å². The van der Waals surface area contributed by atoms with E-state index in [-0.39, 0.29) is 17.2 Å². The minimum Gasteiger partial charge on any atom is -0.388 e. The Hall–Kier alpha value is -4.11. The summed E-state index contributed by atoms with van der Waals surface area (Å²) in [4.78, 5) is 27.9. The average molecular weight is 488 g/mol. The van der Waals surface area contributed by atoms with Crippen LogP contribution in [0.1, 0.15) is 15.9 Å². The Labute approximate surface area is 203 Å². The number of aromatic nitrogens is 3. The molecule has 0 bridgehead atoms. The lowest BCUT2D eigenvalue weighted by atomic mass is 10.1. The highest BCUT2D eigenvalue weighted by atomic mass is 32.1. The number of para-hydroxylation sites is 1. The molecule has 0 fully saturated rings. The zero-order valence-corrected chi connectivity index (χ0v) is 19.4. The number of carbonyl (C=O) groups is 1. The van der Waals surface area contributed by atoms with E-state index in [0.29, 0.717) is 50.7 Å². The van der Waals surface area contributed by atoms with E-state index in [1.165, 1.54) is 17.4 Å². The van der Waals surface area contributed by atoms with Gasteiger partial charge in [-0.2, -0.15) is 0 Å². The maximum absolute atomic E-state index is 15.8. The molecule has 3 aromatic heterocycles. The van der Waals surface area contributed by atoms with Gasteiger partial charge in [-0.1, -0.05) is 6.07 Å². The first-order valence-electron chi connectivity index (χ1n) is 11.1. The van der Waals surface area contributed by atoms with Crippen LogP contribution in [0.3, 0.4) is 0 Å². The van der Waals surface area contributed by atoms with Crippen molar-refractivity contribution in [2.75, 3.05) is 23.8 Å². The molecule has 0 radical (unpaired) electrons. The number of anilines is 2. The number of pyridine rings is 1. The van der Waals surface area contributed by atoms with Crippen LogP contribution in [0.5, 0.6) is 0 Å². The highest BCUT2D eigenvalue weighted by molar-refractivity contribution is 7.19. The fraction of sp³-hybridized carbons (Fsp3) is 0.115. The van der Waals surface area contributed by atoms with Crippen molar-refractivity contribution in [3.05, 3.63) is 83.6 Å². The van der Waals surface area contributed by atoms with Crippen LogP contribution in [0.4, 0.5) is 20.2 Å². The maximum Gasteiger partial charge on any atom is 0.258 e. The fourth-order valence-corrected chi connectivity index (χ4v) is 5.58. The number of rotatable bonds is 3. The zero-order valence-electron chi connectivity index (χ0n) is 18.6. The fourth-order valence-electron chi connectivity index (χ4n) is 4.40. The Kier molecular flexibility index (Phi) is 5.07. The molecule has 0 spiro atoms. The van der Waals surface area contributed by atoms with Crippen LogP contribution in [0, 0.1) is 11.6 Å². The van der Waals surface area contributed by atoms with Crippen LogP contribution in [0.15, 0.2) is 60.8 Å². The molecule has 1 aliphatic rings. The normalized spacial score (nSPS) is 12.8. The zero-order chi connectivity index (χ0) is 24.1. The Balaban J connectivity index is 1.44. The molecule has 0 atom stereocenters. The molecule has 2 N–H and O–H groups in total. The van der Waals surface area contributed by atoms with Gasteiger partial charge in [-0.15, -0.1) is 11.3 Å². The first kappa shape index (κ1) is 21.4. The molecule has 1 amide bonds. The van der Waals surface area contributed by atoms with E-state index in [9.17, 15) is 9.18 Å². The lowest BCUT2D eigenvalue weighted by molar-refractivity contribution is 0.0987. The predicted molar refractivity (Wildman–Crippen MR) is 134 cm³/mol. The van der Waals surface area contributed by atoms with E-state index in [1.54, 1.807) is 41.4 Å². The number of fused-ring (bicyclic) bond motifs is 4. The highest BCUT2D eigenvalue weighted by Gasteiger charge is 2.31. The van der Waals surface area contributed by atoms with Gasteiger partial charge >= 0.3 is 0 Å². The molecule has 2 aromatic carbocycles. The van der Waals surface area contributed by atoms with Crippen LogP contribution >= 0.6 is 11.3 Å². The molecule has 1 aliphatic heterocycles. The molecule has 6 nitrogen and oxygen atoms in total. The molecular weight excluding hydrogens is 468 g/mol. The van der Waals surface area contributed by atoms with Crippen LogP contribution in [0.25, 0.3) is 32.3 Å². The van der Waals surface area contributed by atoms with Crippen molar-refractivity contribution in [1.82, 2.24) is 15.0 Å². The number of benzene rings is 2. The Bertz CT molecular complexity index is 1590. The number of H-pyrrole nitrogens is 1. The molecule has 0 unspecified atom stereocenters. The van der Waals surface area contributed by atoms with Crippen LogP contribution in [-0.4, -0.2) is 34.5 Å². The topological polar surface area (TPSA) is 73.9 Å². The summed E-state index contributed by atoms with van der Waals surface area (Å²) in [5, 5.41) is 3.04. The monoisotopic (exact) mass is 487 g/mol. The molecule has 174 valence electrons. The second-order valence-corrected chi connectivity index (χ2v) is 9.20. The van der Waals surface area contributed by atoms with E-state index in [2.05, 4.69) is 20.3 Å². The van der Waals surface area contributed by atoms with Gasteiger partial charge in [0.2, 0.25) is 0 Å². The third-order valence-corrected chi connectivity index (χ3v) is 7.38. The molecule has 0 saturated carbocycles. The van der Waals surface area contributed by atoms with Gasteiger partial charge in [-0.25, -0.2) is 13.8 Å². The van der Waals surface area contributed by atoms with Crippen LogP contribution in [-0.2, 0) is 6.42 Å². The van der Waals surface area contributed by atoms with E-state index in [0.717, 1.165) is 5.69 Å². The molecule has 5 aromatic rings. The van der Waals surface area contributed by atoms with Gasteiger partial charge in [0, 0.05) is 36.6 Å². The molecular formula is C26H19F2N5OS. The number of aromatic amines is 1. The number of halogens is 2. The van der Waals surface area contributed by atoms with Gasteiger partial charge in [0.05, 0.1) is 16.1 Å². The minimum absolute atomic E-state index is 0.171. The summed E-state index contributed by atoms with van der Waals surface area (Å²) in [6.45, 7) is 0.292. The van der Waals surface area contributed by atoms with Gasteiger partial charge in [-0.3, -0.25) is 9.78 Å². The average Bonchev–Trinajstić information content (AvgIpc) is 3.41.